The van der Waals surface area contributed by atoms with Crippen molar-refractivity contribution in [2.24, 2.45) is 0 Å². The van der Waals surface area contributed by atoms with E-state index in [-0.39, 0.29) is 0 Å². The molecule has 0 bridgehead atoms. The monoisotopic (exact) mass is 236 g/mol. The Morgan fingerprint density at radius 2 is 2.06 bits per heavy atom. The van der Waals surface area contributed by atoms with Gasteiger partial charge in [-0.3, -0.25) is 0 Å². The third kappa shape index (κ3) is 2.04. The average Bonchev–Trinajstić information content (AvgIpc) is 2.64. The predicted molar refractivity (Wildman–Crippen MR) is 65.5 cm³/mol. The lowest BCUT2D eigenvalue weighted by Gasteiger charge is -2.08. The average molecular weight is 237 g/mol. The second-order valence-electron chi connectivity index (χ2n) is 4.01. The Labute approximate surface area is 99.2 Å². The lowest BCUT2D eigenvalue weighted by Crippen LogP contribution is -1.88. The Bertz CT molecular complexity index is 505. The van der Waals surface area contributed by atoms with Gasteiger partial charge in [-0.2, -0.15) is 0 Å². The van der Waals surface area contributed by atoms with E-state index in [2.05, 4.69) is 19.0 Å². The molecule has 0 fully saturated rings. The van der Waals surface area contributed by atoms with Gasteiger partial charge in [0.2, 0.25) is 0 Å². The van der Waals surface area contributed by atoms with Crippen molar-refractivity contribution in [1.82, 2.24) is 5.16 Å². The molecule has 0 atom stereocenters. The first-order chi connectivity index (χ1) is 7.58. The molecule has 1 heterocycles. The van der Waals surface area contributed by atoms with Crippen LogP contribution in [-0.2, 0) is 0 Å². The highest BCUT2D eigenvalue weighted by Gasteiger charge is 2.09. The molecule has 1 aromatic carbocycles. The molecule has 1 aromatic heterocycles. The first kappa shape index (κ1) is 11.0. The molecule has 0 unspecified atom stereocenters. The maximum Gasteiger partial charge on any atom is 0.169 e. The van der Waals surface area contributed by atoms with Crippen LogP contribution in [0.15, 0.2) is 28.8 Å². The number of rotatable bonds is 2. The Kier molecular flexibility index (Phi) is 2.88. The number of nitrogens with two attached hydrogens (primary N) is 1. The Balaban J connectivity index is 2.42. The van der Waals surface area contributed by atoms with Crippen LogP contribution in [0.3, 0.4) is 0 Å². The number of halogens is 1. The lowest BCUT2D eigenvalue weighted by atomic mass is 10.0. The molecule has 16 heavy (non-hydrogen) atoms. The largest absolute Gasteiger partial charge is 0.381 e. The second-order valence-corrected chi connectivity index (χ2v) is 4.41. The SMILES string of the molecule is CC(C)c1ccc(-c2cc(N)no2)cc1Cl. The number of aromatic nitrogens is 1. The van der Waals surface area contributed by atoms with Gasteiger partial charge < -0.3 is 10.3 Å². The zero-order valence-corrected chi connectivity index (χ0v) is 9.95. The molecule has 0 saturated carbocycles. The van der Waals surface area contributed by atoms with E-state index in [0.717, 1.165) is 16.1 Å². The molecule has 84 valence electrons. The van der Waals surface area contributed by atoms with Crippen LogP contribution in [0.25, 0.3) is 11.3 Å². The van der Waals surface area contributed by atoms with E-state index in [9.17, 15) is 0 Å². The van der Waals surface area contributed by atoms with Gasteiger partial charge in [-0.25, -0.2) is 0 Å². The number of nitrogens with zero attached hydrogens (tertiary/aromatic N) is 1. The minimum atomic E-state index is 0.374. The fourth-order valence-corrected chi connectivity index (χ4v) is 1.97. The van der Waals surface area contributed by atoms with Crippen molar-refractivity contribution in [2.75, 3.05) is 5.73 Å². The molecule has 0 saturated heterocycles. The van der Waals surface area contributed by atoms with E-state index in [0.29, 0.717) is 17.5 Å². The summed E-state index contributed by atoms with van der Waals surface area (Å²) in [5.74, 6) is 1.41. The van der Waals surface area contributed by atoms with Crippen molar-refractivity contribution in [1.29, 1.82) is 0 Å². The molecule has 2 rings (SSSR count). The number of anilines is 1. The number of nitrogen functional groups attached to an aromatic ring is 1. The summed E-state index contributed by atoms with van der Waals surface area (Å²) in [5, 5.41) is 4.38. The maximum atomic E-state index is 6.19. The van der Waals surface area contributed by atoms with Crippen molar-refractivity contribution in [3.05, 3.63) is 34.9 Å². The maximum absolute atomic E-state index is 6.19. The van der Waals surface area contributed by atoms with E-state index >= 15 is 0 Å². The van der Waals surface area contributed by atoms with Crippen LogP contribution >= 0.6 is 11.6 Å². The van der Waals surface area contributed by atoms with Gasteiger partial charge in [-0.15, -0.1) is 0 Å². The van der Waals surface area contributed by atoms with Crippen LogP contribution < -0.4 is 5.73 Å². The van der Waals surface area contributed by atoms with Gasteiger partial charge in [-0.1, -0.05) is 42.7 Å². The van der Waals surface area contributed by atoms with Gasteiger partial charge in [-0.05, 0) is 17.5 Å². The highest BCUT2D eigenvalue weighted by Crippen LogP contribution is 2.30. The first-order valence-electron chi connectivity index (χ1n) is 5.10. The Hall–Kier alpha value is -1.48. The van der Waals surface area contributed by atoms with Crippen LogP contribution in [0.1, 0.15) is 25.3 Å². The fraction of sp³-hybridized carbons (Fsp3) is 0.250. The van der Waals surface area contributed by atoms with Crippen LogP contribution in [0.4, 0.5) is 5.82 Å². The summed E-state index contributed by atoms with van der Waals surface area (Å²) in [6, 6.07) is 7.51. The Morgan fingerprint density at radius 1 is 1.31 bits per heavy atom. The van der Waals surface area contributed by atoms with Crippen LogP contribution in [-0.4, -0.2) is 5.16 Å². The van der Waals surface area contributed by atoms with E-state index in [1.807, 2.05) is 18.2 Å². The van der Waals surface area contributed by atoms with Gasteiger partial charge in [0.25, 0.3) is 0 Å². The summed E-state index contributed by atoms with van der Waals surface area (Å²) >= 11 is 6.19. The second kappa shape index (κ2) is 4.18. The molecule has 2 N–H and O–H groups in total. The van der Waals surface area contributed by atoms with Crippen molar-refractivity contribution in [2.45, 2.75) is 19.8 Å². The minimum absolute atomic E-state index is 0.374. The molecule has 0 radical (unpaired) electrons. The van der Waals surface area contributed by atoms with Gasteiger partial charge in [0.15, 0.2) is 11.6 Å². The summed E-state index contributed by atoms with van der Waals surface area (Å²) in [6.07, 6.45) is 0. The molecule has 0 aliphatic heterocycles. The van der Waals surface area contributed by atoms with Crippen LogP contribution in [0.5, 0.6) is 0 Å². The molecular formula is C12H13ClN2O. The zero-order chi connectivity index (χ0) is 11.7. The van der Waals surface area contributed by atoms with Crippen LogP contribution in [0.2, 0.25) is 5.02 Å². The van der Waals surface area contributed by atoms with Crippen molar-refractivity contribution in [3.63, 3.8) is 0 Å². The summed E-state index contributed by atoms with van der Waals surface area (Å²) in [6.45, 7) is 4.21. The van der Waals surface area contributed by atoms with Crippen molar-refractivity contribution in [3.8, 4) is 11.3 Å². The van der Waals surface area contributed by atoms with E-state index in [1.165, 1.54) is 0 Å². The Morgan fingerprint density at radius 3 is 2.56 bits per heavy atom. The number of hydrogen-bond donors (Lipinski definition) is 1. The highest BCUT2D eigenvalue weighted by molar-refractivity contribution is 6.31. The normalized spacial score (nSPS) is 11.0. The summed E-state index contributed by atoms with van der Waals surface area (Å²) in [5.41, 5.74) is 7.50. The third-order valence-corrected chi connectivity index (χ3v) is 2.76. The standard InChI is InChI=1S/C12H13ClN2O/c1-7(2)9-4-3-8(5-10(9)13)11-6-12(14)15-16-11/h3-7H,1-2H3,(H2,14,15). The fourth-order valence-electron chi connectivity index (χ4n) is 1.57. The van der Waals surface area contributed by atoms with Crippen molar-refractivity contribution >= 4 is 17.4 Å². The molecule has 2 aromatic rings. The minimum Gasteiger partial charge on any atom is -0.381 e. The van der Waals surface area contributed by atoms with Crippen LogP contribution in [0, 0.1) is 0 Å². The van der Waals surface area contributed by atoms with E-state index < -0.39 is 0 Å². The lowest BCUT2D eigenvalue weighted by molar-refractivity contribution is 0.436. The third-order valence-electron chi connectivity index (χ3n) is 2.44. The van der Waals surface area contributed by atoms with E-state index in [1.54, 1.807) is 6.07 Å². The quantitative estimate of drug-likeness (QED) is 0.865. The molecule has 0 amide bonds. The molecule has 0 spiro atoms. The summed E-state index contributed by atoms with van der Waals surface area (Å²) < 4.78 is 5.07. The predicted octanol–water partition coefficient (Wildman–Crippen LogP) is 3.70. The van der Waals surface area contributed by atoms with Crippen molar-refractivity contribution < 1.29 is 4.52 Å². The number of hydrogen-bond acceptors (Lipinski definition) is 3. The first-order valence-corrected chi connectivity index (χ1v) is 5.47. The topological polar surface area (TPSA) is 52.0 Å². The highest BCUT2D eigenvalue weighted by atomic mass is 35.5. The smallest absolute Gasteiger partial charge is 0.169 e. The van der Waals surface area contributed by atoms with Gasteiger partial charge in [0.05, 0.1) is 0 Å². The molecule has 3 nitrogen and oxygen atoms in total. The summed E-state index contributed by atoms with van der Waals surface area (Å²) in [4.78, 5) is 0. The van der Waals surface area contributed by atoms with Gasteiger partial charge >= 0.3 is 0 Å². The number of benzene rings is 1. The summed E-state index contributed by atoms with van der Waals surface area (Å²) in [7, 11) is 0. The molecule has 0 aliphatic rings. The van der Waals surface area contributed by atoms with E-state index in [4.69, 9.17) is 21.9 Å². The van der Waals surface area contributed by atoms with Gasteiger partial charge in [0.1, 0.15) is 0 Å². The molecule has 0 aliphatic carbocycles. The zero-order valence-electron chi connectivity index (χ0n) is 9.20. The van der Waals surface area contributed by atoms with Gasteiger partial charge in [0, 0.05) is 16.7 Å². The molecular weight excluding hydrogens is 224 g/mol. The molecule has 4 heteroatoms.